The first kappa shape index (κ1) is 19.2. The second kappa shape index (κ2) is 7.73. The van der Waals surface area contributed by atoms with Gasteiger partial charge < -0.3 is 9.64 Å². The Labute approximate surface area is 169 Å². The Morgan fingerprint density at radius 3 is 2.39 bits per heavy atom. The van der Waals surface area contributed by atoms with Crippen molar-refractivity contribution in [1.29, 1.82) is 0 Å². The highest BCUT2D eigenvalue weighted by atomic mass is 35.5. The number of hydrogen-bond donors (Lipinski definition) is 0. The molecule has 2 aliphatic rings. The SMILES string of the molecule is O=C([C@H]1COc2ccccc2C1)N1CCN(S(=O)(=O)c2ccc(Cl)cc2)CC1. The first-order valence-corrected chi connectivity index (χ1v) is 11.0. The standard InChI is InChI=1S/C20H21ClN2O4S/c21-17-5-7-18(8-6-17)28(25,26)23-11-9-22(10-12-23)20(24)16-13-15-3-1-2-4-19(15)27-14-16/h1-8,16H,9-14H2/t16-/m1/s1. The Kier molecular flexibility index (Phi) is 5.31. The summed E-state index contributed by atoms with van der Waals surface area (Å²) in [5, 5.41) is 0.491. The molecule has 0 bridgehead atoms. The summed E-state index contributed by atoms with van der Waals surface area (Å²) < 4.78 is 32.7. The number of fused-ring (bicyclic) bond motifs is 1. The fraction of sp³-hybridized carbons (Fsp3) is 0.350. The number of ether oxygens (including phenoxy) is 1. The molecule has 2 aromatic rings. The zero-order valence-corrected chi connectivity index (χ0v) is 16.8. The first-order valence-electron chi connectivity index (χ1n) is 9.20. The Balaban J connectivity index is 1.39. The van der Waals surface area contributed by atoms with E-state index in [1.165, 1.54) is 16.4 Å². The summed E-state index contributed by atoms with van der Waals surface area (Å²) >= 11 is 5.84. The minimum atomic E-state index is -3.58. The third-order valence-corrected chi connectivity index (χ3v) is 7.39. The Bertz CT molecular complexity index is 970. The third-order valence-electron chi connectivity index (χ3n) is 5.23. The molecule has 8 heteroatoms. The summed E-state index contributed by atoms with van der Waals surface area (Å²) in [5.74, 6) is 0.637. The fourth-order valence-corrected chi connectivity index (χ4v) is 5.20. The maximum absolute atomic E-state index is 12.9. The summed E-state index contributed by atoms with van der Waals surface area (Å²) in [6.07, 6.45) is 0.651. The molecule has 0 radical (unpaired) electrons. The molecule has 0 aromatic heterocycles. The molecule has 2 heterocycles. The highest BCUT2D eigenvalue weighted by molar-refractivity contribution is 7.89. The van der Waals surface area contributed by atoms with Crippen LogP contribution in [-0.2, 0) is 21.2 Å². The molecule has 1 saturated heterocycles. The van der Waals surface area contributed by atoms with Gasteiger partial charge in [-0.25, -0.2) is 8.42 Å². The number of sulfonamides is 1. The van der Waals surface area contributed by atoms with Crippen molar-refractivity contribution in [3.63, 3.8) is 0 Å². The Morgan fingerprint density at radius 2 is 1.68 bits per heavy atom. The van der Waals surface area contributed by atoms with Crippen molar-refractivity contribution < 1.29 is 17.9 Å². The molecule has 6 nitrogen and oxygen atoms in total. The summed E-state index contributed by atoms with van der Waals surface area (Å²) in [5.41, 5.74) is 1.04. The zero-order valence-electron chi connectivity index (χ0n) is 15.3. The molecule has 0 saturated carbocycles. The van der Waals surface area contributed by atoms with Crippen LogP contribution in [-0.4, -0.2) is 56.3 Å². The minimum Gasteiger partial charge on any atom is -0.492 e. The molecule has 1 amide bonds. The van der Waals surface area contributed by atoms with Crippen LogP contribution < -0.4 is 4.74 Å². The number of benzene rings is 2. The lowest BCUT2D eigenvalue weighted by Crippen LogP contribution is -2.52. The number of nitrogens with zero attached hydrogens (tertiary/aromatic N) is 2. The molecule has 0 N–H and O–H groups in total. The average Bonchev–Trinajstić information content (AvgIpc) is 2.73. The second-order valence-corrected chi connectivity index (χ2v) is 9.38. The van der Waals surface area contributed by atoms with E-state index in [1.807, 2.05) is 24.3 Å². The van der Waals surface area contributed by atoms with Crippen molar-refractivity contribution in [2.45, 2.75) is 11.3 Å². The average molecular weight is 421 g/mol. The molecular formula is C20H21ClN2O4S. The topological polar surface area (TPSA) is 66.9 Å². The largest absolute Gasteiger partial charge is 0.492 e. The monoisotopic (exact) mass is 420 g/mol. The Morgan fingerprint density at radius 1 is 1.00 bits per heavy atom. The number of halogens is 1. The van der Waals surface area contributed by atoms with Gasteiger partial charge in [-0.05, 0) is 42.3 Å². The van der Waals surface area contributed by atoms with Crippen LogP contribution in [0.25, 0.3) is 0 Å². The van der Waals surface area contributed by atoms with Gasteiger partial charge in [-0.1, -0.05) is 29.8 Å². The predicted molar refractivity (Wildman–Crippen MR) is 106 cm³/mol. The van der Waals surface area contributed by atoms with E-state index in [4.69, 9.17) is 16.3 Å². The lowest BCUT2D eigenvalue weighted by atomic mass is 9.95. The normalized spacial score (nSPS) is 20.3. The first-order chi connectivity index (χ1) is 13.4. The molecule has 148 valence electrons. The maximum Gasteiger partial charge on any atom is 0.243 e. The van der Waals surface area contributed by atoms with Gasteiger partial charge in [0.25, 0.3) is 0 Å². The molecule has 28 heavy (non-hydrogen) atoms. The lowest BCUT2D eigenvalue weighted by molar-refractivity contribution is -0.138. The number of piperazine rings is 1. The number of carbonyl (C=O) groups is 1. The van der Waals surface area contributed by atoms with Gasteiger partial charge in [0.05, 0.1) is 10.8 Å². The summed E-state index contributed by atoms with van der Waals surface area (Å²) in [7, 11) is -3.58. The molecule has 0 unspecified atom stereocenters. The predicted octanol–water partition coefficient (Wildman–Crippen LogP) is 2.42. The van der Waals surface area contributed by atoms with E-state index in [9.17, 15) is 13.2 Å². The van der Waals surface area contributed by atoms with Crippen LogP contribution in [0, 0.1) is 5.92 Å². The van der Waals surface area contributed by atoms with Gasteiger partial charge in [-0.3, -0.25) is 4.79 Å². The third kappa shape index (κ3) is 3.74. The fourth-order valence-electron chi connectivity index (χ4n) is 3.65. The smallest absolute Gasteiger partial charge is 0.243 e. The van der Waals surface area contributed by atoms with E-state index in [2.05, 4.69) is 0 Å². The van der Waals surface area contributed by atoms with E-state index in [-0.39, 0.29) is 29.8 Å². The van der Waals surface area contributed by atoms with Gasteiger partial charge in [-0.15, -0.1) is 0 Å². The number of para-hydroxylation sites is 1. The van der Waals surface area contributed by atoms with Gasteiger partial charge >= 0.3 is 0 Å². The highest BCUT2D eigenvalue weighted by Gasteiger charge is 2.34. The van der Waals surface area contributed by atoms with Crippen molar-refractivity contribution >= 4 is 27.5 Å². The van der Waals surface area contributed by atoms with E-state index in [0.717, 1.165) is 11.3 Å². The summed E-state index contributed by atoms with van der Waals surface area (Å²) in [6.45, 7) is 1.68. The van der Waals surface area contributed by atoms with Crippen LogP contribution in [0.1, 0.15) is 5.56 Å². The van der Waals surface area contributed by atoms with Gasteiger partial charge in [0.15, 0.2) is 0 Å². The minimum absolute atomic E-state index is 0.0260. The van der Waals surface area contributed by atoms with Crippen LogP contribution in [0.4, 0.5) is 0 Å². The maximum atomic E-state index is 12.9. The van der Waals surface area contributed by atoms with E-state index >= 15 is 0 Å². The second-order valence-electron chi connectivity index (χ2n) is 7.00. The summed E-state index contributed by atoms with van der Waals surface area (Å²) in [6, 6.07) is 13.9. The van der Waals surface area contributed by atoms with Crippen LogP contribution in [0.5, 0.6) is 5.75 Å². The molecule has 0 aliphatic carbocycles. The quantitative estimate of drug-likeness (QED) is 0.764. The van der Waals surface area contributed by atoms with E-state index in [0.29, 0.717) is 31.1 Å². The molecule has 2 aromatic carbocycles. The molecule has 0 spiro atoms. The van der Waals surface area contributed by atoms with Crippen LogP contribution in [0.15, 0.2) is 53.4 Å². The molecule has 4 rings (SSSR count). The highest BCUT2D eigenvalue weighted by Crippen LogP contribution is 2.28. The molecular weight excluding hydrogens is 400 g/mol. The molecule has 1 fully saturated rings. The van der Waals surface area contributed by atoms with Crippen molar-refractivity contribution in [3.8, 4) is 5.75 Å². The van der Waals surface area contributed by atoms with Crippen molar-refractivity contribution in [2.75, 3.05) is 32.8 Å². The van der Waals surface area contributed by atoms with Gasteiger partial charge in [0.1, 0.15) is 12.4 Å². The van der Waals surface area contributed by atoms with E-state index < -0.39 is 10.0 Å². The number of amides is 1. The van der Waals surface area contributed by atoms with Crippen molar-refractivity contribution in [1.82, 2.24) is 9.21 Å². The number of carbonyl (C=O) groups excluding carboxylic acids is 1. The van der Waals surface area contributed by atoms with Crippen LogP contribution in [0.3, 0.4) is 0 Å². The van der Waals surface area contributed by atoms with Gasteiger partial charge in [0.2, 0.25) is 15.9 Å². The molecule has 1 atom stereocenters. The van der Waals surface area contributed by atoms with Crippen molar-refractivity contribution in [2.24, 2.45) is 5.92 Å². The van der Waals surface area contributed by atoms with Crippen LogP contribution >= 0.6 is 11.6 Å². The van der Waals surface area contributed by atoms with Gasteiger partial charge in [-0.2, -0.15) is 4.31 Å². The lowest BCUT2D eigenvalue weighted by Gasteiger charge is -2.36. The zero-order chi connectivity index (χ0) is 19.7. The Hall–Kier alpha value is -2.09. The number of rotatable bonds is 3. The summed E-state index contributed by atoms with van der Waals surface area (Å²) in [4.78, 5) is 14.9. The van der Waals surface area contributed by atoms with Gasteiger partial charge in [0, 0.05) is 31.2 Å². The van der Waals surface area contributed by atoms with Crippen LogP contribution in [0.2, 0.25) is 5.02 Å². The number of hydrogen-bond acceptors (Lipinski definition) is 4. The van der Waals surface area contributed by atoms with E-state index in [1.54, 1.807) is 17.0 Å². The van der Waals surface area contributed by atoms with Crippen molar-refractivity contribution in [3.05, 3.63) is 59.1 Å². The molecule has 2 aliphatic heterocycles.